The Morgan fingerprint density at radius 1 is 1.73 bits per heavy atom. The molecule has 0 aromatic heterocycles. The van der Waals surface area contributed by atoms with Crippen molar-refractivity contribution >= 4 is 5.97 Å². The van der Waals surface area contributed by atoms with E-state index in [-0.39, 0.29) is 0 Å². The average Bonchev–Trinajstić information content (AvgIpc) is 1.88. The van der Waals surface area contributed by atoms with Crippen LogP contribution in [0.1, 0.15) is 13.8 Å². The van der Waals surface area contributed by atoms with E-state index in [0.717, 1.165) is 0 Å². The van der Waals surface area contributed by atoms with Gasteiger partial charge in [0.25, 0.3) is 0 Å². The van der Waals surface area contributed by atoms with Gasteiger partial charge in [-0.3, -0.25) is 4.39 Å². The van der Waals surface area contributed by atoms with Gasteiger partial charge >= 0.3 is 5.97 Å². The fourth-order valence-corrected chi connectivity index (χ4v) is 0.824. The fraction of sp³-hybridized carbons (Fsp3) is 0.857. The van der Waals surface area contributed by atoms with Crippen molar-refractivity contribution in [3.05, 3.63) is 0 Å². The molecular formula is C7H13FO3. The Kier molecular flexibility index (Phi) is 3.45. The van der Waals surface area contributed by atoms with E-state index < -0.39 is 24.2 Å². The van der Waals surface area contributed by atoms with Gasteiger partial charge in [-0.2, -0.15) is 0 Å². The van der Waals surface area contributed by atoms with Gasteiger partial charge in [0.15, 0.2) is 6.10 Å². The molecule has 0 aliphatic rings. The molecule has 0 fully saturated rings. The number of rotatable bonds is 4. The van der Waals surface area contributed by atoms with Crippen LogP contribution in [0.15, 0.2) is 0 Å². The van der Waals surface area contributed by atoms with Crippen molar-refractivity contribution in [1.29, 1.82) is 0 Å². The largest absolute Gasteiger partial charge is 0.479 e. The summed E-state index contributed by atoms with van der Waals surface area (Å²) in [6, 6.07) is 0. The first-order chi connectivity index (χ1) is 4.95. The van der Waals surface area contributed by atoms with Crippen LogP contribution in [-0.2, 0) is 9.53 Å². The Hall–Kier alpha value is -0.640. The molecule has 0 radical (unpaired) electrons. The van der Waals surface area contributed by atoms with E-state index in [0.29, 0.717) is 0 Å². The predicted molar refractivity (Wildman–Crippen MR) is 38.2 cm³/mol. The third-order valence-electron chi connectivity index (χ3n) is 1.51. The smallest absolute Gasteiger partial charge is 0.333 e. The van der Waals surface area contributed by atoms with Crippen molar-refractivity contribution in [2.24, 2.45) is 5.41 Å². The van der Waals surface area contributed by atoms with Crippen molar-refractivity contribution in [2.75, 3.05) is 13.8 Å². The van der Waals surface area contributed by atoms with Crippen LogP contribution < -0.4 is 0 Å². The number of methoxy groups -OCH3 is 1. The summed E-state index contributed by atoms with van der Waals surface area (Å²) in [6.45, 7) is 2.31. The van der Waals surface area contributed by atoms with Crippen LogP contribution in [0, 0.1) is 5.41 Å². The van der Waals surface area contributed by atoms with E-state index in [2.05, 4.69) is 4.74 Å². The lowest BCUT2D eigenvalue weighted by molar-refractivity contribution is -0.156. The molecule has 0 aliphatic heterocycles. The van der Waals surface area contributed by atoms with Crippen LogP contribution in [0.5, 0.6) is 0 Å². The molecule has 11 heavy (non-hydrogen) atoms. The number of carboxylic acid groups (broad SMARTS) is 1. The second-order valence-corrected chi connectivity index (χ2v) is 3.08. The number of ether oxygens (including phenoxy) is 1. The minimum Gasteiger partial charge on any atom is -0.479 e. The zero-order valence-corrected chi connectivity index (χ0v) is 6.93. The maximum absolute atomic E-state index is 12.2. The molecule has 0 bridgehead atoms. The van der Waals surface area contributed by atoms with Gasteiger partial charge in [0.1, 0.15) is 0 Å². The van der Waals surface area contributed by atoms with Crippen LogP contribution >= 0.6 is 0 Å². The first-order valence-corrected chi connectivity index (χ1v) is 3.27. The number of hydrogen-bond acceptors (Lipinski definition) is 2. The van der Waals surface area contributed by atoms with Crippen LogP contribution in [-0.4, -0.2) is 31.0 Å². The first-order valence-electron chi connectivity index (χ1n) is 3.27. The Labute approximate surface area is 65.2 Å². The van der Waals surface area contributed by atoms with Crippen molar-refractivity contribution in [3.63, 3.8) is 0 Å². The highest BCUT2D eigenvalue weighted by Crippen LogP contribution is 2.23. The Bertz CT molecular complexity index is 145. The zero-order valence-electron chi connectivity index (χ0n) is 6.93. The molecule has 0 saturated carbocycles. The first kappa shape index (κ1) is 10.4. The van der Waals surface area contributed by atoms with Gasteiger partial charge in [0, 0.05) is 12.5 Å². The number of carboxylic acids is 1. The molecule has 0 aromatic carbocycles. The minimum atomic E-state index is -1.13. The lowest BCUT2D eigenvalue weighted by Gasteiger charge is -2.26. The summed E-state index contributed by atoms with van der Waals surface area (Å²) in [5, 5.41) is 8.55. The molecule has 0 aliphatic carbocycles. The second kappa shape index (κ2) is 3.67. The maximum Gasteiger partial charge on any atom is 0.333 e. The molecule has 0 heterocycles. The van der Waals surface area contributed by atoms with E-state index >= 15 is 0 Å². The summed E-state index contributed by atoms with van der Waals surface area (Å²) in [5.41, 5.74) is -0.958. The summed E-state index contributed by atoms with van der Waals surface area (Å²) < 4.78 is 16.9. The van der Waals surface area contributed by atoms with Crippen LogP contribution in [0.4, 0.5) is 4.39 Å². The Balaban J connectivity index is 4.36. The molecule has 3 nitrogen and oxygen atoms in total. The highest BCUT2D eigenvalue weighted by atomic mass is 19.1. The fourth-order valence-electron chi connectivity index (χ4n) is 0.824. The maximum atomic E-state index is 12.2. The topological polar surface area (TPSA) is 46.5 Å². The minimum absolute atomic E-state index is 0.711. The SMILES string of the molecule is COC(C(=O)O)C(C)(C)CF. The van der Waals surface area contributed by atoms with Gasteiger partial charge in [0.2, 0.25) is 0 Å². The second-order valence-electron chi connectivity index (χ2n) is 3.08. The molecule has 66 valence electrons. The standard InChI is InChI=1S/C7H13FO3/c1-7(2,4-8)5(11-3)6(9)10/h5H,4H2,1-3H3,(H,9,10). The number of alkyl halides is 1. The summed E-state index contributed by atoms with van der Waals surface area (Å²) in [4.78, 5) is 10.4. The summed E-state index contributed by atoms with van der Waals surface area (Å²) in [6.07, 6.45) is -1.08. The molecule has 0 saturated heterocycles. The van der Waals surface area contributed by atoms with E-state index in [1.807, 2.05) is 0 Å². The Morgan fingerprint density at radius 2 is 2.18 bits per heavy atom. The molecule has 0 rings (SSSR count). The van der Waals surface area contributed by atoms with Gasteiger partial charge in [-0.15, -0.1) is 0 Å². The van der Waals surface area contributed by atoms with Crippen molar-refractivity contribution in [1.82, 2.24) is 0 Å². The summed E-state index contributed by atoms with van der Waals surface area (Å²) in [7, 11) is 1.26. The lowest BCUT2D eigenvalue weighted by atomic mass is 9.88. The van der Waals surface area contributed by atoms with Crippen molar-refractivity contribution in [2.45, 2.75) is 20.0 Å². The molecule has 1 N–H and O–H groups in total. The number of hydrogen-bond donors (Lipinski definition) is 1. The molecule has 1 atom stereocenters. The molecule has 1 unspecified atom stereocenters. The highest BCUT2D eigenvalue weighted by molar-refractivity contribution is 5.73. The van der Waals surface area contributed by atoms with E-state index in [1.165, 1.54) is 21.0 Å². The summed E-state index contributed by atoms with van der Waals surface area (Å²) >= 11 is 0. The Morgan fingerprint density at radius 3 is 2.27 bits per heavy atom. The van der Waals surface area contributed by atoms with Gasteiger partial charge in [0.05, 0.1) is 6.67 Å². The molecule has 0 aromatic rings. The number of aliphatic carboxylic acids is 1. The van der Waals surface area contributed by atoms with Gasteiger partial charge in [-0.25, -0.2) is 4.79 Å². The van der Waals surface area contributed by atoms with Crippen molar-refractivity contribution < 1.29 is 19.0 Å². The third-order valence-corrected chi connectivity index (χ3v) is 1.51. The zero-order chi connectivity index (χ0) is 9.07. The van der Waals surface area contributed by atoms with Crippen molar-refractivity contribution in [3.8, 4) is 0 Å². The number of carbonyl (C=O) groups is 1. The molecular weight excluding hydrogens is 151 g/mol. The van der Waals surface area contributed by atoms with E-state index in [4.69, 9.17) is 5.11 Å². The molecule has 0 spiro atoms. The molecule has 4 heteroatoms. The highest BCUT2D eigenvalue weighted by Gasteiger charge is 2.35. The average molecular weight is 164 g/mol. The lowest BCUT2D eigenvalue weighted by Crippen LogP contribution is -2.39. The van der Waals surface area contributed by atoms with Crippen LogP contribution in [0.25, 0.3) is 0 Å². The van der Waals surface area contributed by atoms with Gasteiger partial charge in [-0.05, 0) is 0 Å². The third kappa shape index (κ3) is 2.46. The van der Waals surface area contributed by atoms with Crippen LogP contribution in [0.2, 0.25) is 0 Å². The van der Waals surface area contributed by atoms with Crippen LogP contribution in [0.3, 0.4) is 0 Å². The molecule has 0 amide bonds. The van der Waals surface area contributed by atoms with E-state index in [9.17, 15) is 9.18 Å². The van der Waals surface area contributed by atoms with Gasteiger partial charge in [-0.1, -0.05) is 13.8 Å². The number of halogens is 1. The van der Waals surface area contributed by atoms with Gasteiger partial charge < -0.3 is 9.84 Å². The van der Waals surface area contributed by atoms with E-state index in [1.54, 1.807) is 0 Å². The summed E-state index contributed by atoms with van der Waals surface area (Å²) in [5.74, 6) is -1.13. The quantitative estimate of drug-likeness (QED) is 0.676. The monoisotopic (exact) mass is 164 g/mol. The normalized spacial score (nSPS) is 14.5. The predicted octanol–water partition coefficient (Wildman–Crippen LogP) is 1.08.